The molecule has 2 aromatic rings. The third-order valence-corrected chi connectivity index (χ3v) is 7.96. The van der Waals surface area contributed by atoms with Crippen molar-refractivity contribution in [2.75, 3.05) is 25.2 Å². The summed E-state index contributed by atoms with van der Waals surface area (Å²) < 4.78 is 6.94. The minimum absolute atomic E-state index is 0.0188. The van der Waals surface area contributed by atoms with Gasteiger partial charge in [0, 0.05) is 23.9 Å². The maximum absolute atomic E-state index is 12.2. The lowest BCUT2D eigenvalue weighted by Gasteiger charge is -2.18. The molecule has 0 atom stereocenters. The lowest BCUT2D eigenvalue weighted by atomic mass is 10.2. The Morgan fingerprint density at radius 3 is 2.84 bits per heavy atom. The number of benzene rings is 1. The Kier molecular flexibility index (Phi) is 7.80. The van der Waals surface area contributed by atoms with Gasteiger partial charge < -0.3 is 9.64 Å². The van der Waals surface area contributed by atoms with Gasteiger partial charge in [-0.25, -0.2) is 4.79 Å². The number of carbonyl (C=O) groups is 2. The summed E-state index contributed by atoms with van der Waals surface area (Å²) in [6.45, 7) is 0.552. The van der Waals surface area contributed by atoms with E-state index in [1.165, 1.54) is 37.8 Å². The predicted molar refractivity (Wildman–Crippen MR) is 128 cm³/mol. The average molecular weight is 493 g/mol. The summed E-state index contributed by atoms with van der Waals surface area (Å²) in [6, 6.07) is 8.12. The summed E-state index contributed by atoms with van der Waals surface area (Å²) in [5.74, 6) is 1.53. The second-order valence-electron chi connectivity index (χ2n) is 7.64. The van der Waals surface area contributed by atoms with Crippen LogP contribution in [0.2, 0.25) is 5.02 Å². The highest BCUT2D eigenvalue weighted by atomic mass is 35.5. The van der Waals surface area contributed by atoms with Crippen LogP contribution in [0.25, 0.3) is 11.4 Å². The van der Waals surface area contributed by atoms with E-state index in [2.05, 4.69) is 14.8 Å². The van der Waals surface area contributed by atoms with E-state index in [-0.39, 0.29) is 5.91 Å². The van der Waals surface area contributed by atoms with Gasteiger partial charge in [0.15, 0.2) is 11.0 Å². The van der Waals surface area contributed by atoms with E-state index in [9.17, 15) is 9.59 Å². The molecule has 0 spiro atoms. The Hall–Kier alpha value is -1.97. The number of ether oxygens (including phenoxy) is 1. The van der Waals surface area contributed by atoms with Crippen LogP contribution in [0.5, 0.6) is 0 Å². The second kappa shape index (κ2) is 10.8. The molecule has 1 aliphatic carbocycles. The van der Waals surface area contributed by atoms with E-state index in [1.54, 1.807) is 16.7 Å². The van der Waals surface area contributed by atoms with Crippen molar-refractivity contribution < 1.29 is 14.3 Å². The van der Waals surface area contributed by atoms with Crippen LogP contribution in [-0.2, 0) is 14.3 Å². The normalized spacial score (nSPS) is 18.1. The lowest BCUT2D eigenvalue weighted by Crippen LogP contribution is -2.26. The van der Waals surface area contributed by atoms with Crippen LogP contribution in [0.4, 0.5) is 0 Å². The molecule has 4 rings (SSSR count). The topological polar surface area (TPSA) is 77.3 Å². The van der Waals surface area contributed by atoms with Gasteiger partial charge in [-0.1, -0.05) is 60.1 Å². The summed E-state index contributed by atoms with van der Waals surface area (Å²) in [7, 11) is 1.33. The van der Waals surface area contributed by atoms with Crippen molar-refractivity contribution in [3.63, 3.8) is 0 Å². The zero-order valence-corrected chi connectivity index (χ0v) is 20.2. The molecule has 1 saturated carbocycles. The fourth-order valence-corrected chi connectivity index (χ4v) is 6.11. The van der Waals surface area contributed by atoms with Crippen molar-refractivity contribution in [2.24, 2.45) is 0 Å². The third-order valence-electron chi connectivity index (χ3n) is 5.58. The summed E-state index contributed by atoms with van der Waals surface area (Å²) in [5, 5.41) is 11.2. The third kappa shape index (κ3) is 5.15. The minimum atomic E-state index is -0.446. The van der Waals surface area contributed by atoms with Crippen LogP contribution in [-0.4, -0.2) is 56.7 Å². The van der Waals surface area contributed by atoms with Crippen LogP contribution in [0.1, 0.15) is 38.1 Å². The number of esters is 1. The number of rotatable bonds is 8. The minimum Gasteiger partial charge on any atom is -0.466 e. The van der Waals surface area contributed by atoms with Crippen molar-refractivity contribution in [3.05, 3.63) is 40.4 Å². The van der Waals surface area contributed by atoms with Gasteiger partial charge in [-0.2, -0.15) is 0 Å². The molecule has 0 radical (unpaired) electrons. The Bertz CT molecular complexity index is 1020. The van der Waals surface area contributed by atoms with Crippen molar-refractivity contribution in [1.82, 2.24) is 19.7 Å². The van der Waals surface area contributed by atoms with E-state index in [1.807, 2.05) is 24.3 Å². The number of nitrogens with zero attached hydrogens (tertiary/aromatic N) is 4. The molecule has 0 bridgehead atoms. The molecule has 2 heterocycles. The Labute approximate surface area is 200 Å². The van der Waals surface area contributed by atoms with E-state index >= 15 is 0 Å². The van der Waals surface area contributed by atoms with Gasteiger partial charge in [0.1, 0.15) is 0 Å². The predicted octanol–water partition coefficient (Wildman–Crippen LogP) is 4.79. The SMILES string of the molecule is COC(=O)/C=C1\SCC(=O)N1CCCSc1nnc(-c2ccccc2Cl)n1C1CCCC1. The van der Waals surface area contributed by atoms with Crippen molar-refractivity contribution >= 4 is 47.0 Å². The first-order valence-corrected chi connectivity index (χ1v) is 13.0. The monoisotopic (exact) mass is 492 g/mol. The van der Waals surface area contributed by atoms with Gasteiger partial charge in [-0.15, -0.1) is 10.2 Å². The molecule has 1 aromatic heterocycles. The smallest absolute Gasteiger partial charge is 0.333 e. The molecule has 1 amide bonds. The molecular weight excluding hydrogens is 468 g/mol. The van der Waals surface area contributed by atoms with Gasteiger partial charge in [-0.05, 0) is 31.4 Å². The van der Waals surface area contributed by atoms with E-state index in [0.717, 1.165) is 41.6 Å². The molecule has 1 saturated heterocycles. The summed E-state index contributed by atoms with van der Waals surface area (Å²) in [4.78, 5) is 25.4. The van der Waals surface area contributed by atoms with Crippen LogP contribution in [0, 0.1) is 0 Å². The average Bonchev–Trinajstić information content (AvgIpc) is 3.53. The van der Waals surface area contributed by atoms with Gasteiger partial charge in [0.25, 0.3) is 0 Å². The maximum atomic E-state index is 12.2. The molecule has 32 heavy (non-hydrogen) atoms. The van der Waals surface area contributed by atoms with Crippen molar-refractivity contribution in [1.29, 1.82) is 0 Å². The Balaban J connectivity index is 1.44. The van der Waals surface area contributed by atoms with E-state index < -0.39 is 5.97 Å². The number of hydrogen-bond donors (Lipinski definition) is 0. The number of amides is 1. The summed E-state index contributed by atoms with van der Waals surface area (Å²) in [6.07, 6.45) is 6.80. The van der Waals surface area contributed by atoms with Crippen LogP contribution in [0.15, 0.2) is 40.5 Å². The quantitative estimate of drug-likeness (QED) is 0.227. The molecule has 10 heteroatoms. The summed E-state index contributed by atoms with van der Waals surface area (Å²) in [5.41, 5.74) is 0.901. The fourth-order valence-electron chi connectivity index (χ4n) is 4.01. The summed E-state index contributed by atoms with van der Waals surface area (Å²) >= 11 is 9.47. The van der Waals surface area contributed by atoms with Crippen LogP contribution in [0.3, 0.4) is 0 Å². The first kappa shape index (κ1) is 23.2. The maximum Gasteiger partial charge on any atom is 0.333 e. The molecule has 1 aromatic carbocycles. The highest BCUT2D eigenvalue weighted by Gasteiger charge is 2.28. The van der Waals surface area contributed by atoms with Crippen molar-refractivity contribution in [2.45, 2.75) is 43.3 Å². The van der Waals surface area contributed by atoms with Crippen molar-refractivity contribution in [3.8, 4) is 11.4 Å². The zero-order valence-electron chi connectivity index (χ0n) is 17.8. The molecular formula is C22H25ClN4O3S2. The molecule has 170 valence electrons. The second-order valence-corrected chi connectivity index (χ2v) is 10.1. The highest BCUT2D eigenvalue weighted by Crippen LogP contribution is 2.38. The molecule has 0 unspecified atom stereocenters. The number of halogens is 1. The Morgan fingerprint density at radius 2 is 2.09 bits per heavy atom. The Morgan fingerprint density at radius 1 is 1.31 bits per heavy atom. The first-order valence-electron chi connectivity index (χ1n) is 10.6. The number of methoxy groups -OCH3 is 1. The molecule has 2 aliphatic rings. The fraction of sp³-hybridized carbons (Fsp3) is 0.455. The number of thioether (sulfide) groups is 2. The number of aromatic nitrogens is 3. The molecule has 1 aliphatic heterocycles. The van der Waals surface area contributed by atoms with Gasteiger partial charge >= 0.3 is 5.97 Å². The standard InChI is InChI=1S/C22H25ClN4O3S2/c1-30-20(29)13-19-26(18(28)14-32-19)11-6-12-31-22-25-24-21(16-9-4-5-10-17(16)23)27(22)15-7-2-3-8-15/h4-5,9-10,13,15H,2-3,6-8,11-12,14H2,1H3/b19-13-. The highest BCUT2D eigenvalue weighted by molar-refractivity contribution is 8.04. The van der Waals surface area contributed by atoms with Gasteiger partial charge in [0.05, 0.1) is 29.0 Å². The van der Waals surface area contributed by atoms with Crippen LogP contribution < -0.4 is 0 Å². The lowest BCUT2D eigenvalue weighted by molar-refractivity contribution is -0.134. The number of hydrogen-bond acceptors (Lipinski definition) is 7. The molecule has 2 fully saturated rings. The number of carbonyl (C=O) groups excluding carboxylic acids is 2. The first-order chi connectivity index (χ1) is 15.6. The van der Waals surface area contributed by atoms with E-state index in [4.69, 9.17) is 16.3 Å². The largest absolute Gasteiger partial charge is 0.466 e. The van der Waals surface area contributed by atoms with Gasteiger partial charge in [0.2, 0.25) is 5.91 Å². The zero-order chi connectivity index (χ0) is 22.5. The van der Waals surface area contributed by atoms with Gasteiger partial charge in [-0.3, -0.25) is 9.36 Å². The molecule has 0 N–H and O–H groups in total. The molecule has 7 nitrogen and oxygen atoms in total. The van der Waals surface area contributed by atoms with E-state index in [0.29, 0.717) is 28.4 Å². The van der Waals surface area contributed by atoms with Crippen LogP contribution >= 0.6 is 35.1 Å².